The van der Waals surface area contributed by atoms with E-state index in [0.717, 1.165) is 11.4 Å². The number of carbonyl (C=O) groups excluding carboxylic acids is 1. The van der Waals surface area contributed by atoms with Gasteiger partial charge in [0, 0.05) is 5.41 Å². The van der Waals surface area contributed by atoms with Gasteiger partial charge >= 0.3 is 5.97 Å². The molecule has 0 amide bonds. The number of esters is 1. The Bertz CT molecular complexity index is 371. The summed E-state index contributed by atoms with van der Waals surface area (Å²) in [5, 5.41) is 1.31. The number of anilines is 1. The summed E-state index contributed by atoms with van der Waals surface area (Å²) in [6.45, 7) is 6.23. The van der Waals surface area contributed by atoms with Crippen molar-refractivity contribution in [1.29, 1.82) is 0 Å². The van der Waals surface area contributed by atoms with Crippen molar-refractivity contribution >= 4 is 22.3 Å². The second kappa shape index (κ2) is 4.18. The maximum absolute atomic E-state index is 11.3. The van der Waals surface area contributed by atoms with E-state index in [4.69, 9.17) is 5.73 Å². The first kappa shape index (κ1) is 12.0. The first-order valence-electron chi connectivity index (χ1n) is 4.77. The van der Waals surface area contributed by atoms with E-state index in [1.807, 2.05) is 0 Å². The van der Waals surface area contributed by atoms with Crippen LogP contribution in [0.25, 0.3) is 0 Å². The Balaban J connectivity index is 3.11. The van der Waals surface area contributed by atoms with Gasteiger partial charge in [0.25, 0.3) is 0 Å². The van der Waals surface area contributed by atoms with Crippen molar-refractivity contribution in [3.05, 3.63) is 10.7 Å². The fourth-order valence-corrected chi connectivity index (χ4v) is 2.01. The molecule has 5 heteroatoms. The van der Waals surface area contributed by atoms with Crippen molar-refractivity contribution in [3.63, 3.8) is 0 Å². The average molecular weight is 228 g/mol. The minimum Gasteiger partial charge on any atom is -0.464 e. The molecule has 0 bridgehead atoms. The minimum absolute atomic E-state index is 0.0505. The predicted octanol–water partition coefficient (Wildman–Crippen LogP) is 2.20. The van der Waals surface area contributed by atoms with Gasteiger partial charge in [-0.05, 0) is 6.42 Å². The molecule has 0 atom stereocenters. The summed E-state index contributed by atoms with van der Waals surface area (Å²) < 4.78 is 4.60. The molecule has 0 saturated heterocycles. The van der Waals surface area contributed by atoms with Crippen molar-refractivity contribution in [1.82, 2.24) is 4.98 Å². The molecule has 15 heavy (non-hydrogen) atoms. The summed E-state index contributed by atoms with van der Waals surface area (Å²) >= 11 is 1.36. The lowest BCUT2D eigenvalue weighted by Gasteiger charge is -2.18. The maximum atomic E-state index is 11.3. The zero-order chi connectivity index (χ0) is 11.6. The fourth-order valence-electron chi connectivity index (χ4n) is 1.02. The molecule has 1 aromatic heterocycles. The number of hydrogen-bond donors (Lipinski definition) is 1. The van der Waals surface area contributed by atoms with Crippen LogP contribution in [0.4, 0.5) is 5.00 Å². The van der Waals surface area contributed by atoms with Gasteiger partial charge in [-0.1, -0.05) is 20.8 Å². The average Bonchev–Trinajstić information content (AvgIpc) is 2.60. The van der Waals surface area contributed by atoms with Crippen LogP contribution in [0.1, 0.15) is 42.7 Å². The summed E-state index contributed by atoms with van der Waals surface area (Å²) in [5.74, 6) is -0.470. The highest BCUT2D eigenvalue weighted by atomic mass is 32.1. The molecule has 0 unspecified atom stereocenters. The van der Waals surface area contributed by atoms with Gasteiger partial charge in [-0.15, -0.1) is 11.3 Å². The summed E-state index contributed by atoms with van der Waals surface area (Å²) in [5.41, 5.74) is 5.91. The Morgan fingerprint density at radius 1 is 1.60 bits per heavy atom. The van der Waals surface area contributed by atoms with E-state index >= 15 is 0 Å². The molecule has 0 spiro atoms. The highest BCUT2D eigenvalue weighted by Crippen LogP contribution is 2.33. The molecule has 2 N–H and O–H groups in total. The number of ether oxygens (including phenoxy) is 1. The third-order valence-electron chi connectivity index (χ3n) is 2.49. The Hall–Kier alpha value is -1.10. The Kier molecular flexibility index (Phi) is 3.34. The standard InChI is InChI=1S/C10H16N2O2S/c1-5-10(2,3)9-12-6(7(11)15-9)8(13)14-4/h5,11H2,1-4H3. The van der Waals surface area contributed by atoms with Gasteiger partial charge in [-0.2, -0.15) is 0 Å². The molecule has 84 valence electrons. The molecule has 1 heterocycles. The second-order valence-electron chi connectivity index (χ2n) is 3.96. The number of methoxy groups -OCH3 is 1. The molecular formula is C10H16N2O2S. The zero-order valence-corrected chi connectivity index (χ0v) is 10.3. The Morgan fingerprint density at radius 2 is 2.20 bits per heavy atom. The number of aromatic nitrogens is 1. The molecule has 0 radical (unpaired) electrons. The second-order valence-corrected chi connectivity index (χ2v) is 4.99. The number of rotatable bonds is 3. The lowest BCUT2D eigenvalue weighted by atomic mass is 9.91. The molecule has 4 nitrogen and oxygen atoms in total. The van der Waals surface area contributed by atoms with Crippen LogP contribution in [0.2, 0.25) is 0 Å². The highest BCUT2D eigenvalue weighted by Gasteiger charge is 2.26. The van der Waals surface area contributed by atoms with Crippen LogP contribution in [0.15, 0.2) is 0 Å². The van der Waals surface area contributed by atoms with Gasteiger partial charge in [0.05, 0.1) is 7.11 Å². The van der Waals surface area contributed by atoms with Crippen LogP contribution in [0.5, 0.6) is 0 Å². The van der Waals surface area contributed by atoms with Crippen LogP contribution in [0.3, 0.4) is 0 Å². The Morgan fingerprint density at radius 3 is 2.67 bits per heavy atom. The highest BCUT2D eigenvalue weighted by molar-refractivity contribution is 7.16. The third-order valence-corrected chi connectivity index (χ3v) is 3.75. The van der Waals surface area contributed by atoms with Gasteiger partial charge in [0.1, 0.15) is 10.0 Å². The molecule has 0 fully saturated rings. The SMILES string of the molecule is CCC(C)(C)c1nc(C(=O)OC)c(N)s1. The van der Waals surface area contributed by atoms with Crippen LogP contribution >= 0.6 is 11.3 Å². The number of nitrogen functional groups attached to an aromatic ring is 1. The maximum Gasteiger partial charge on any atom is 0.359 e. The summed E-state index contributed by atoms with van der Waals surface area (Å²) in [6, 6.07) is 0. The molecule has 1 aromatic rings. The van der Waals surface area contributed by atoms with Gasteiger partial charge in [0.15, 0.2) is 5.69 Å². The number of nitrogens with zero attached hydrogens (tertiary/aromatic N) is 1. The van der Waals surface area contributed by atoms with E-state index < -0.39 is 5.97 Å². The van der Waals surface area contributed by atoms with E-state index in [1.165, 1.54) is 18.4 Å². The summed E-state index contributed by atoms with van der Waals surface area (Å²) in [7, 11) is 1.33. The van der Waals surface area contributed by atoms with E-state index in [-0.39, 0.29) is 11.1 Å². The van der Waals surface area contributed by atoms with Crippen LogP contribution in [0, 0.1) is 0 Å². The molecule has 0 aliphatic carbocycles. The first-order valence-corrected chi connectivity index (χ1v) is 5.59. The van der Waals surface area contributed by atoms with E-state index in [2.05, 4.69) is 30.5 Å². The quantitative estimate of drug-likeness (QED) is 0.805. The smallest absolute Gasteiger partial charge is 0.359 e. The van der Waals surface area contributed by atoms with Crippen LogP contribution in [-0.4, -0.2) is 18.1 Å². The van der Waals surface area contributed by atoms with Gasteiger partial charge in [0.2, 0.25) is 0 Å². The first-order chi connectivity index (χ1) is 6.92. The van der Waals surface area contributed by atoms with Crippen LogP contribution < -0.4 is 5.73 Å². The van der Waals surface area contributed by atoms with E-state index in [0.29, 0.717) is 5.00 Å². The molecule has 1 rings (SSSR count). The van der Waals surface area contributed by atoms with Gasteiger partial charge in [-0.3, -0.25) is 0 Å². The van der Waals surface area contributed by atoms with E-state index in [9.17, 15) is 4.79 Å². The predicted molar refractivity (Wildman–Crippen MR) is 61.2 cm³/mol. The lowest BCUT2D eigenvalue weighted by Crippen LogP contribution is -2.15. The van der Waals surface area contributed by atoms with Crippen molar-refractivity contribution < 1.29 is 9.53 Å². The molecule has 0 aliphatic rings. The largest absolute Gasteiger partial charge is 0.464 e. The lowest BCUT2D eigenvalue weighted by molar-refractivity contribution is 0.0596. The summed E-state index contributed by atoms with van der Waals surface area (Å²) in [6.07, 6.45) is 0.945. The topological polar surface area (TPSA) is 65.2 Å². The zero-order valence-electron chi connectivity index (χ0n) is 9.46. The molecule has 0 aromatic carbocycles. The van der Waals surface area contributed by atoms with Crippen molar-refractivity contribution in [2.75, 3.05) is 12.8 Å². The Labute approximate surface area is 93.5 Å². The third kappa shape index (κ3) is 2.28. The van der Waals surface area contributed by atoms with Crippen molar-refractivity contribution in [3.8, 4) is 0 Å². The van der Waals surface area contributed by atoms with E-state index in [1.54, 1.807) is 0 Å². The molecule has 0 aliphatic heterocycles. The number of hydrogen-bond acceptors (Lipinski definition) is 5. The number of nitrogens with two attached hydrogens (primary N) is 1. The van der Waals surface area contributed by atoms with Crippen LogP contribution in [-0.2, 0) is 10.2 Å². The monoisotopic (exact) mass is 228 g/mol. The van der Waals surface area contributed by atoms with Crippen molar-refractivity contribution in [2.24, 2.45) is 0 Å². The number of carbonyl (C=O) groups is 1. The van der Waals surface area contributed by atoms with Gasteiger partial charge in [-0.25, -0.2) is 9.78 Å². The molecule has 0 saturated carbocycles. The van der Waals surface area contributed by atoms with Crippen molar-refractivity contribution in [2.45, 2.75) is 32.6 Å². The van der Waals surface area contributed by atoms with Gasteiger partial charge < -0.3 is 10.5 Å². The number of thiazole rings is 1. The molecular weight excluding hydrogens is 212 g/mol. The normalized spacial score (nSPS) is 11.5. The minimum atomic E-state index is -0.470. The fraction of sp³-hybridized carbons (Fsp3) is 0.600. The summed E-state index contributed by atoms with van der Waals surface area (Å²) in [4.78, 5) is 15.5.